The summed E-state index contributed by atoms with van der Waals surface area (Å²) in [6.07, 6.45) is 4.59. The fraction of sp³-hybridized carbons (Fsp3) is 0.600. The number of hydrogen-bond donors (Lipinski definition) is 1. The number of nitrogens with one attached hydrogen (secondary N) is 1. The van der Waals surface area contributed by atoms with E-state index in [0.717, 1.165) is 36.6 Å². The van der Waals surface area contributed by atoms with E-state index >= 15 is 0 Å². The number of ether oxygens (including phenoxy) is 1. The predicted molar refractivity (Wildman–Crippen MR) is 125 cm³/mol. The van der Waals surface area contributed by atoms with Crippen molar-refractivity contribution in [1.29, 1.82) is 0 Å². The quantitative estimate of drug-likeness (QED) is 0.678. The highest BCUT2D eigenvalue weighted by molar-refractivity contribution is 6.05. The number of methoxy groups -OCH3 is 1. The number of aromatic nitrogens is 2. The summed E-state index contributed by atoms with van der Waals surface area (Å²) in [5.74, 6) is -0.172. The van der Waals surface area contributed by atoms with Gasteiger partial charge in [0.05, 0.1) is 11.6 Å². The first-order chi connectivity index (χ1) is 15.8. The normalized spacial score (nSPS) is 27.6. The van der Waals surface area contributed by atoms with Gasteiger partial charge in [0.1, 0.15) is 18.3 Å². The summed E-state index contributed by atoms with van der Waals surface area (Å²) in [5.41, 5.74) is 1.10. The monoisotopic (exact) mass is 454 g/mol. The Labute approximate surface area is 194 Å². The van der Waals surface area contributed by atoms with Gasteiger partial charge in [0, 0.05) is 31.5 Å². The molecule has 1 saturated heterocycles. The Hall–Kier alpha value is -2.74. The second-order valence-corrected chi connectivity index (χ2v) is 9.58. The second-order valence-electron chi connectivity index (χ2n) is 9.58. The maximum Gasteiger partial charge on any atom is 0.245 e. The van der Waals surface area contributed by atoms with Gasteiger partial charge in [-0.3, -0.25) is 19.1 Å². The van der Waals surface area contributed by atoms with Crippen LogP contribution in [0, 0.1) is 5.92 Å². The lowest BCUT2D eigenvalue weighted by Crippen LogP contribution is -2.52. The van der Waals surface area contributed by atoms with Gasteiger partial charge in [0.25, 0.3) is 0 Å². The first-order valence-electron chi connectivity index (χ1n) is 11.9. The van der Waals surface area contributed by atoms with Crippen molar-refractivity contribution in [2.45, 2.75) is 83.6 Å². The molecule has 2 fully saturated rings. The van der Waals surface area contributed by atoms with Crippen LogP contribution in [0.3, 0.4) is 0 Å². The zero-order valence-electron chi connectivity index (χ0n) is 19.9. The highest BCUT2D eigenvalue weighted by Crippen LogP contribution is 2.31. The van der Waals surface area contributed by atoms with Gasteiger partial charge in [-0.2, -0.15) is 5.10 Å². The lowest BCUT2D eigenvalue weighted by Gasteiger charge is -2.32. The van der Waals surface area contributed by atoms with Crippen LogP contribution in [0.2, 0.25) is 0 Å². The van der Waals surface area contributed by atoms with Gasteiger partial charge in [-0.15, -0.1) is 0 Å². The number of Topliss-reactive ketones (excluding diaryl/α,β-unsaturated/α-hetero) is 1. The van der Waals surface area contributed by atoms with Crippen molar-refractivity contribution in [1.82, 2.24) is 20.0 Å². The van der Waals surface area contributed by atoms with Crippen LogP contribution in [-0.2, 0) is 20.9 Å². The number of amides is 2. The summed E-state index contributed by atoms with van der Waals surface area (Å²) < 4.78 is 7.08. The molecule has 8 heteroatoms. The lowest BCUT2D eigenvalue weighted by atomic mass is 9.92. The zero-order chi connectivity index (χ0) is 23.7. The number of rotatable bonds is 6. The minimum Gasteiger partial charge on any atom is -0.381 e. The van der Waals surface area contributed by atoms with Gasteiger partial charge in [-0.1, -0.05) is 25.1 Å². The Morgan fingerprint density at radius 1 is 1.15 bits per heavy atom. The number of carbonyl (C=O) groups is 3. The summed E-state index contributed by atoms with van der Waals surface area (Å²) in [4.78, 5) is 40.5. The second kappa shape index (κ2) is 9.63. The minimum atomic E-state index is -0.500. The van der Waals surface area contributed by atoms with Crippen LogP contribution < -0.4 is 5.32 Å². The highest BCUT2D eigenvalue weighted by atomic mass is 16.5. The van der Waals surface area contributed by atoms with Crippen LogP contribution in [-0.4, -0.2) is 63.6 Å². The van der Waals surface area contributed by atoms with Crippen LogP contribution in [0.25, 0.3) is 10.9 Å². The van der Waals surface area contributed by atoms with E-state index < -0.39 is 6.04 Å². The van der Waals surface area contributed by atoms with E-state index in [0.29, 0.717) is 12.1 Å². The maximum atomic E-state index is 13.5. The molecule has 0 bridgehead atoms. The number of carbonyl (C=O) groups excluding carboxylic acids is 3. The molecule has 1 saturated carbocycles. The Morgan fingerprint density at radius 3 is 2.64 bits per heavy atom. The molecule has 2 heterocycles. The van der Waals surface area contributed by atoms with Crippen molar-refractivity contribution < 1.29 is 19.1 Å². The van der Waals surface area contributed by atoms with Gasteiger partial charge in [-0.05, 0) is 51.0 Å². The summed E-state index contributed by atoms with van der Waals surface area (Å²) in [6.45, 7) is 5.55. The smallest absolute Gasteiger partial charge is 0.245 e. The summed E-state index contributed by atoms with van der Waals surface area (Å²) in [6, 6.07) is 6.94. The lowest BCUT2D eigenvalue weighted by molar-refractivity contribution is -0.141. The Bertz CT molecular complexity index is 1050. The number of hydrogen-bond acceptors (Lipinski definition) is 5. The molecule has 8 nitrogen and oxygen atoms in total. The van der Waals surface area contributed by atoms with Crippen molar-refractivity contribution in [2.24, 2.45) is 5.92 Å². The largest absolute Gasteiger partial charge is 0.381 e. The molecule has 5 atom stereocenters. The van der Waals surface area contributed by atoms with Crippen LogP contribution in [0.4, 0.5) is 0 Å². The number of para-hydroxylation sites is 1. The standard InChI is InChI=1S/C25H34N4O4/c1-15-12-22(25(32)26-18-8-7-9-19(13-18)33-4)29(16(15)2)23(31)14-28-21-11-6-5-10-20(21)24(27-28)17(3)30/h5-6,10-11,15-16,18-19,22H,7-9,12-14H2,1-4H3,(H,26,32)/t15-,16-,18+,19+,22+/m1/s1. The van der Waals surface area contributed by atoms with E-state index in [4.69, 9.17) is 4.74 Å². The van der Waals surface area contributed by atoms with E-state index in [1.165, 1.54) is 6.92 Å². The Kier molecular flexibility index (Phi) is 6.83. The van der Waals surface area contributed by atoms with Gasteiger partial charge >= 0.3 is 0 Å². The molecule has 178 valence electrons. The van der Waals surface area contributed by atoms with Gasteiger partial charge in [0.2, 0.25) is 11.8 Å². The molecule has 1 aromatic heterocycles. The fourth-order valence-electron chi connectivity index (χ4n) is 5.36. The molecule has 1 aliphatic carbocycles. The van der Waals surface area contributed by atoms with Crippen molar-refractivity contribution in [3.05, 3.63) is 30.0 Å². The van der Waals surface area contributed by atoms with Gasteiger partial charge < -0.3 is 15.0 Å². The average Bonchev–Trinajstić information content (AvgIpc) is 3.31. The maximum absolute atomic E-state index is 13.5. The molecule has 2 aliphatic rings. The summed E-state index contributed by atoms with van der Waals surface area (Å²) in [7, 11) is 1.71. The molecule has 0 radical (unpaired) electrons. The van der Waals surface area contributed by atoms with Crippen LogP contribution in [0.15, 0.2) is 24.3 Å². The molecule has 1 aromatic carbocycles. The molecule has 4 rings (SSSR count). The third-order valence-electron chi connectivity index (χ3n) is 7.37. The first-order valence-corrected chi connectivity index (χ1v) is 11.9. The Morgan fingerprint density at radius 2 is 1.91 bits per heavy atom. The van der Waals surface area contributed by atoms with Crippen molar-refractivity contribution in [2.75, 3.05) is 7.11 Å². The van der Waals surface area contributed by atoms with Crippen LogP contribution in [0.1, 0.15) is 63.4 Å². The van der Waals surface area contributed by atoms with Crippen LogP contribution >= 0.6 is 0 Å². The third kappa shape index (κ3) is 4.67. The SMILES string of the molecule is CO[C@H]1CCC[C@H](NC(=O)[C@@H]2C[C@@H](C)[C@@H](C)N2C(=O)Cn2nc(C(C)=O)c3ccccc32)C1. The fourth-order valence-corrected chi connectivity index (χ4v) is 5.36. The first kappa shape index (κ1) is 23.4. The molecule has 2 aromatic rings. The van der Waals surface area contributed by atoms with E-state index in [1.807, 2.05) is 31.2 Å². The van der Waals surface area contributed by atoms with Crippen molar-refractivity contribution in [3.63, 3.8) is 0 Å². The average molecular weight is 455 g/mol. The number of fused-ring (bicyclic) bond motifs is 1. The Balaban J connectivity index is 1.52. The molecule has 1 N–H and O–H groups in total. The molecule has 1 aliphatic heterocycles. The summed E-state index contributed by atoms with van der Waals surface area (Å²) >= 11 is 0. The topological polar surface area (TPSA) is 93.5 Å². The molecular weight excluding hydrogens is 420 g/mol. The third-order valence-corrected chi connectivity index (χ3v) is 7.37. The highest BCUT2D eigenvalue weighted by Gasteiger charge is 2.43. The summed E-state index contributed by atoms with van der Waals surface area (Å²) in [5, 5.41) is 8.35. The van der Waals surface area contributed by atoms with E-state index in [2.05, 4.69) is 17.3 Å². The number of nitrogens with zero attached hydrogens (tertiary/aromatic N) is 3. The van der Waals surface area contributed by atoms with Gasteiger partial charge in [0.15, 0.2) is 5.78 Å². The molecule has 33 heavy (non-hydrogen) atoms. The molecule has 2 amide bonds. The zero-order valence-corrected chi connectivity index (χ0v) is 19.9. The molecular formula is C25H34N4O4. The van der Waals surface area contributed by atoms with Crippen molar-refractivity contribution >= 4 is 28.5 Å². The van der Waals surface area contributed by atoms with E-state index in [-0.39, 0.29) is 48.2 Å². The van der Waals surface area contributed by atoms with Gasteiger partial charge in [-0.25, -0.2) is 0 Å². The predicted octanol–water partition coefficient (Wildman–Crippen LogP) is 2.94. The van der Waals surface area contributed by atoms with Crippen molar-refractivity contribution in [3.8, 4) is 0 Å². The van der Waals surface area contributed by atoms with E-state index in [1.54, 1.807) is 16.7 Å². The molecule has 0 spiro atoms. The number of ketones is 1. The molecule has 0 unspecified atom stereocenters. The number of likely N-dealkylation sites (tertiary alicyclic amines) is 1. The van der Waals surface area contributed by atoms with Crippen LogP contribution in [0.5, 0.6) is 0 Å². The number of benzene rings is 1. The minimum absolute atomic E-state index is 0.0101. The van der Waals surface area contributed by atoms with E-state index in [9.17, 15) is 14.4 Å².